The summed E-state index contributed by atoms with van der Waals surface area (Å²) in [6.45, 7) is 0. The molecule has 0 fully saturated rings. The maximum Gasteiger partial charge on any atom is 0.124 e. The van der Waals surface area contributed by atoms with Crippen molar-refractivity contribution in [3.63, 3.8) is 0 Å². The van der Waals surface area contributed by atoms with Gasteiger partial charge in [0.1, 0.15) is 5.75 Å². The molecule has 0 saturated carbocycles. The molecule has 1 aromatic carbocycles. The fourth-order valence-electron chi connectivity index (χ4n) is 2.21. The molecule has 1 aliphatic rings. The highest BCUT2D eigenvalue weighted by atomic mass is 16.5. The second-order valence-corrected chi connectivity index (χ2v) is 3.65. The Morgan fingerprint density at radius 3 is 2.86 bits per heavy atom. The molecule has 0 saturated heterocycles. The first kappa shape index (κ1) is 9.53. The summed E-state index contributed by atoms with van der Waals surface area (Å²) in [5.41, 5.74) is 2.63. The quantitative estimate of drug-likeness (QED) is 0.717. The van der Waals surface area contributed by atoms with Gasteiger partial charge in [0.05, 0.1) is 13.2 Å². The lowest BCUT2D eigenvalue weighted by molar-refractivity contribution is 0.0856. The molecular formula is C12H16O2. The maximum absolute atomic E-state index is 5.48. The van der Waals surface area contributed by atoms with Gasteiger partial charge in [-0.1, -0.05) is 12.1 Å². The molecule has 0 radical (unpaired) electrons. The molecule has 0 amide bonds. The van der Waals surface area contributed by atoms with Crippen LogP contribution in [0.1, 0.15) is 30.1 Å². The summed E-state index contributed by atoms with van der Waals surface area (Å²) in [6, 6.07) is 6.23. The molecule has 76 valence electrons. The van der Waals surface area contributed by atoms with Crippen LogP contribution in [0.2, 0.25) is 0 Å². The van der Waals surface area contributed by atoms with E-state index in [1.165, 1.54) is 17.5 Å². The zero-order valence-corrected chi connectivity index (χ0v) is 8.75. The second kappa shape index (κ2) is 4.01. The summed E-state index contributed by atoms with van der Waals surface area (Å²) in [4.78, 5) is 0. The number of aryl methyl sites for hydroxylation is 1. The minimum absolute atomic E-state index is 0.217. The Balaban J connectivity index is 2.46. The molecule has 0 spiro atoms. The Hall–Kier alpha value is -1.02. The van der Waals surface area contributed by atoms with Crippen LogP contribution < -0.4 is 4.74 Å². The molecule has 0 bridgehead atoms. The molecule has 1 aliphatic carbocycles. The van der Waals surface area contributed by atoms with Crippen LogP contribution in [-0.2, 0) is 11.2 Å². The van der Waals surface area contributed by atoms with Gasteiger partial charge >= 0.3 is 0 Å². The molecule has 1 unspecified atom stereocenters. The van der Waals surface area contributed by atoms with E-state index in [0.717, 1.165) is 18.6 Å². The third-order valence-electron chi connectivity index (χ3n) is 2.90. The van der Waals surface area contributed by atoms with Crippen molar-refractivity contribution >= 4 is 0 Å². The van der Waals surface area contributed by atoms with Gasteiger partial charge in [-0.2, -0.15) is 0 Å². The van der Waals surface area contributed by atoms with Gasteiger partial charge in [-0.25, -0.2) is 0 Å². The van der Waals surface area contributed by atoms with Gasteiger partial charge in [-0.05, 0) is 30.9 Å². The van der Waals surface area contributed by atoms with Crippen LogP contribution in [0.4, 0.5) is 0 Å². The van der Waals surface area contributed by atoms with Crippen molar-refractivity contribution in [1.82, 2.24) is 0 Å². The van der Waals surface area contributed by atoms with Gasteiger partial charge in [0.25, 0.3) is 0 Å². The Kier molecular flexibility index (Phi) is 2.73. The summed E-state index contributed by atoms with van der Waals surface area (Å²) in [7, 11) is 3.49. The topological polar surface area (TPSA) is 18.5 Å². The number of fused-ring (bicyclic) bond motifs is 1. The van der Waals surface area contributed by atoms with Crippen molar-refractivity contribution in [3.8, 4) is 5.75 Å². The standard InChI is InChI=1S/C12H16O2/c1-13-10-7-3-5-9-6-4-8-11(14-2)12(9)10/h3,5,7,11H,4,6,8H2,1-2H3. The van der Waals surface area contributed by atoms with Crippen LogP contribution in [0.15, 0.2) is 18.2 Å². The number of methoxy groups -OCH3 is 2. The van der Waals surface area contributed by atoms with E-state index in [2.05, 4.69) is 12.1 Å². The summed E-state index contributed by atoms with van der Waals surface area (Å²) >= 11 is 0. The molecule has 2 nitrogen and oxygen atoms in total. The van der Waals surface area contributed by atoms with Gasteiger partial charge in [-0.3, -0.25) is 0 Å². The van der Waals surface area contributed by atoms with Crippen molar-refractivity contribution in [2.45, 2.75) is 25.4 Å². The minimum Gasteiger partial charge on any atom is -0.496 e. The molecule has 14 heavy (non-hydrogen) atoms. The smallest absolute Gasteiger partial charge is 0.124 e. The summed E-state index contributed by atoms with van der Waals surface area (Å²) in [5.74, 6) is 0.967. The number of benzene rings is 1. The summed E-state index contributed by atoms with van der Waals surface area (Å²) in [6.07, 6.45) is 3.67. The lowest BCUT2D eigenvalue weighted by atomic mass is 9.88. The predicted octanol–water partition coefficient (Wildman–Crippen LogP) is 2.72. The van der Waals surface area contributed by atoms with E-state index in [1.807, 2.05) is 6.07 Å². The number of ether oxygens (including phenoxy) is 2. The fourth-order valence-corrected chi connectivity index (χ4v) is 2.21. The molecule has 0 aromatic heterocycles. The molecule has 0 aliphatic heterocycles. The largest absolute Gasteiger partial charge is 0.496 e. The van der Waals surface area contributed by atoms with Crippen molar-refractivity contribution < 1.29 is 9.47 Å². The van der Waals surface area contributed by atoms with Crippen molar-refractivity contribution in [1.29, 1.82) is 0 Å². The number of hydrogen-bond donors (Lipinski definition) is 0. The van der Waals surface area contributed by atoms with Crippen molar-refractivity contribution in [2.24, 2.45) is 0 Å². The first-order valence-electron chi connectivity index (χ1n) is 5.05. The van der Waals surface area contributed by atoms with Crippen LogP contribution >= 0.6 is 0 Å². The Bertz CT molecular complexity index is 306. The summed E-state index contributed by atoms with van der Waals surface area (Å²) < 4.78 is 10.8. The molecule has 0 N–H and O–H groups in total. The van der Waals surface area contributed by atoms with Gasteiger partial charge in [0, 0.05) is 12.7 Å². The lowest BCUT2D eigenvalue weighted by Crippen LogP contribution is -2.12. The average molecular weight is 192 g/mol. The molecular weight excluding hydrogens is 176 g/mol. The highest BCUT2D eigenvalue weighted by Crippen LogP contribution is 2.37. The van der Waals surface area contributed by atoms with E-state index in [-0.39, 0.29) is 6.10 Å². The average Bonchev–Trinajstić information content (AvgIpc) is 2.27. The maximum atomic E-state index is 5.48. The Morgan fingerprint density at radius 2 is 2.14 bits per heavy atom. The zero-order valence-electron chi connectivity index (χ0n) is 8.75. The highest BCUT2D eigenvalue weighted by Gasteiger charge is 2.23. The number of rotatable bonds is 2. The van der Waals surface area contributed by atoms with Gasteiger partial charge in [0.15, 0.2) is 0 Å². The van der Waals surface area contributed by atoms with Crippen LogP contribution in [-0.4, -0.2) is 14.2 Å². The monoisotopic (exact) mass is 192 g/mol. The first-order chi connectivity index (χ1) is 6.86. The van der Waals surface area contributed by atoms with E-state index in [1.54, 1.807) is 14.2 Å². The third-order valence-corrected chi connectivity index (χ3v) is 2.90. The van der Waals surface area contributed by atoms with Crippen molar-refractivity contribution in [3.05, 3.63) is 29.3 Å². The summed E-state index contributed by atoms with van der Waals surface area (Å²) in [5, 5.41) is 0. The molecule has 1 aromatic rings. The molecule has 1 atom stereocenters. The highest BCUT2D eigenvalue weighted by molar-refractivity contribution is 5.43. The predicted molar refractivity (Wildman–Crippen MR) is 55.7 cm³/mol. The normalized spacial score (nSPS) is 20.3. The SMILES string of the molecule is COc1cccc2c1C(OC)CCC2. The van der Waals surface area contributed by atoms with Gasteiger partial charge in [-0.15, -0.1) is 0 Å². The van der Waals surface area contributed by atoms with E-state index in [4.69, 9.17) is 9.47 Å². The Morgan fingerprint density at radius 1 is 1.29 bits per heavy atom. The lowest BCUT2D eigenvalue weighted by Gasteiger charge is -2.26. The molecule has 2 rings (SSSR count). The molecule has 2 heteroatoms. The van der Waals surface area contributed by atoms with Gasteiger partial charge in [0.2, 0.25) is 0 Å². The fraction of sp³-hybridized carbons (Fsp3) is 0.500. The van der Waals surface area contributed by atoms with Crippen molar-refractivity contribution in [2.75, 3.05) is 14.2 Å². The number of hydrogen-bond acceptors (Lipinski definition) is 2. The van der Waals surface area contributed by atoms with E-state index in [0.29, 0.717) is 0 Å². The van der Waals surface area contributed by atoms with Crippen LogP contribution in [0.5, 0.6) is 5.75 Å². The second-order valence-electron chi connectivity index (χ2n) is 3.65. The minimum atomic E-state index is 0.217. The first-order valence-corrected chi connectivity index (χ1v) is 5.05. The van der Waals surface area contributed by atoms with E-state index < -0.39 is 0 Å². The molecule has 0 heterocycles. The van der Waals surface area contributed by atoms with Crippen LogP contribution in [0.3, 0.4) is 0 Å². The zero-order chi connectivity index (χ0) is 9.97. The van der Waals surface area contributed by atoms with Crippen LogP contribution in [0.25, 0.3) is 0 Å². The van der Waals surface area contributed by atoms with Crippen LogP contribution in [0, 0.1) is 0 Å². The Labute approximate surface area is 84.8 Å². The third kappa shape index (κ3) is 1.50. The van der Waals surface area contributed by atoms with Gasteiger partial charge < -0.3 is 9.47 Å². The van der Waals surface area contributed by atoms with E-state index >= 15 is 0 Å². The van der Waals surface area contributed by atoms with E-state index in [9.17, 15) is 0 Å².